The average molecular weight is 224 g/mol. The van der Waals surface area contributed by atoms with Crippen molar-refractivity contribution in [1.82, 2.24) is 0 Å². The van der Waals surface area contributed by atoms with E-state index in [-0.39, 0.29) is 24.4 Å². The van der Waals surface area contributed by atoms with Crippen LogP contribution in [0.1, 0.15) is 13.8 Å². The minimum atomic E-state index is -0.272. The lowest BCUT2D eigenvalue weighted by Crippen LogP contribution is -2.21. The van der Waals surface area contributed by atoms with Crippen molar-refractivity contribution in [3.05, 3.63) is 18.2 Å². The van der Waals surface area contributed by atoms with Crippen LogP contribution in [0, 0.1) is 0 Å². The summed E-state index contributed by atoms with van der Waals surface area (Å²) in [5.74, 6) is -0.208. The Morgan fingerprint density at radius 3 is 2.81 bits per heavy atom. The van der Waals surface area contributed by atoms with Gasteiger partial charge in [-0.2, -0.15) is 0 Å². The Kier molecular flexibility index (Phi) is 4.13. The van der Waals surface area contributed by atoms with E-state index < -0.39 is 0 Å². The van der Waals surface area contributed by atoms with Crippen LogP contribution in [0.3, 0.4) is 0 Å². The third-order valence-electron chi connectivity index (χ3n) is 1.86. The van der Waals surface area contributed by atoms with Gasteiger partial charge in [-0.15, -0.1) is 0 Å². The molecule has 0 fully saturated rings. The highest BCUT2D eigenvalue weighted by Crippen LogP contribution is 2.22. The summed E-state index contributed by atoms with van der Waals surface area (Å²) in [6.45, 7) is 3.68. The molecule has 0 saturated heterocycles. The van der Waals surface area contributed by atoms with Gasteiger partial charge in [0.05, 0.1) is 17.5 Å². The van der Waals surface area contributed by atoms with Crippen LogP contribution < -0.4 is 11.1 Å². The number of phenols is 1. The molecule has 0 heterocycles. The predicted molar refractivity (Wildman–Crippen MR) is 62.2 cm³/mol. The van der Waals surface area contributed by atoms with Crippen molar-refractivity contribution < 1.29 is 14.6 Å². The first-order valence-electron chi connectivity index (χ1n) is 4.99. The minimum absolute atomic E-state index is 0.00270. The molecule has 1 rings (SSSR count). The van der Waals surface area contributed by atoms with Crippen molar-refractivity contribution in [2.24, 2.45) is 0 Å². The van der Waals surface area contributed by atoms with E-state index in [1.165, 1.54) is 18.2 Å². The van der Waals surface area contributed by atoms with Crippen LogP contribution >= 0.6 is 0 Å². The number of nitrogens with two attached hydrogens (primary N) is 1. The van der Waals surface area contributed by atoms with Crippen molar-refractivity contribution in [2.75, 3.05) is 17.7 Å². The van der Waals surface area contributed by atoms with Crippen LogP contribution in [0.25, 0.3) is 0 Å². The molecule has 5 heteroatoms. The molecule has 0 aromatic heterocycles. The van der Waals surface area contributed by atoms with E-state index in [0.29, 0.717) is 11.4 Å². The SMILES string of the molecule is CC(C)OCC(=O)Nc1ccc(O)cc1N. The van der Waals surface area contributed by atoms with E-state index in [1.54, 1.807) is 0 Å². The lowest BCUT2D eigenvalue weighted by molar-refractivity contribution is -0.121. The molecular formula is C11H16N2O3. The Morgan fingerprint density at radius 2 is 2.25 bits per heavy atom. The van der Waals surface area contributed by atoms with Crippen molar-refractivity contribution >= 4 is 17.3 Å². The Labute approximate surface area is 94.2 Å². The summed E-state index contributed by atoms with van der Waals surface area (Å²) in [5, 5.41) is 11.7. The Hall–Kier alpha value is -1.75. The molecule has 0 radical (unpaired) electrons. The van der Waals surface area contributed by atoms with Gasteiger partial charge in [-0.3, -0.25) is 4.79 Å². The van der Waals surface area contributed by atoms with Crippen LogP contribution in [0.5, 0.6) is 5.75 Å². The number of benzene rings is 1. The predicted octanol–water partition coefficient (Wildman–Crippen LogP) is 1.34. The molecule has 1 aromatic carbocycles. The molecule has 0 aliphatic rings. The summed E-state index contributed by atoms with van der Waals surface area (Å²) in [5.41, 5.74) is 6.40. The fourth-order valence-electron chi connectivity index (χ4n) is 1.09. The van der Waals surface area contributed by atoms with E-state index >= 15 is 0 Å². The number of phenolic OH excluding ortho intramolecular Hbond substituents is 1. The number of nitrogen functional groups attached to an aromatic ring is 1. The number of amides is 1. The van der Waals surface area contributed by atoms with E-state index in [0.717, 1.165) is 0 Å². The van der Waals surface area contributed by atoms with Crippen LogP contribution in [0.15, 0.2) is 18.2 Å². The molecule has 0 saturated carbocycles. The van der Waals surface area contributed by atoms with Crippen LogP contribution in [0.4, 0.5) is 11.4 Å². The first-order valence-corrected chi connectivity index (χ1v) is 4.99. The lowest BCUT2D eigenvalue weighted by atomic mass is 10.2. The van der Waals surface area contributed by atoms with Gasteiger partial charge in [-0.05, 0) is 26.0 Å². The molecule has 16 heavy (non-hydrogen) atoms. The second kappa shape index (κ2) is 5.37. The standard InChI is InChI=1S/C11H16N2O3/c1-7(2)16-6-11(15)13-10-4-3-8(14)5-9(10)12/h3-5,7,14H,6,12H2,1-2H3,(H,13,15). The zero-order valence-electron chi connectivity index (χ0n) is 9.36. The van der Waals surface area contributed by atoms with Crippen molar-refractivity contribution in [3.63, 3.8) is 0 Å². The molecule has 0 aliphatic heterocycles. The first-order chi connectivity index (χ1) is 7.49. The number of ether oxygens (including phenoxy) is 1. The van der Waals surface area contributed by atoms with E-state index in [4.69, 9.17) is 15.6 Å². The molecule has 0 unspecified atom stereocenters. The zero-order chi connectivity index (χ0) is 12.1. The topological polar surface area (TPSA) is 84.6 Å². The molecule has 1 amide bonds. The van der Waals surface area contributed by atoms with Crippen LogP contribution in [-0.2, 0) is 9.53 Å². The summed E-state index contributed by atoms with van der Waals surface area (Å²) < 4.78 is 5.14. The Bertz CT molecular complexity index is 377. The van der Waals surface area contributed by atoms with Gasteiger partial charge in [0.15, 0.2) is 0 Å². The summed E-state index contributed by atoms with van der Waals surface area (Å²) in [6, 6.07) is 4.37. The van der Waals surface area contributed by atoms with Gasteiger partial charge < -0.3 is 20.9 Å². The fraction of sp³-hybridized carbons (Fsp3) is 0.364. The normalized spacial score (nSPS) is 10.4. The zero-order valence-corrected chi connectivity index (χ0v) is 9.36. The Morgan fingerprint density at radius 1 is 1.56 bits per heavy atom. The molecule has 0 bridgehead atoms. The van der Waals surface area contributed by atoms with Crippen molar-refractivity contribution in [1.29, 1.82) is 0 Å². The number of nitrogens with one attached hydrogen (secondary N) is 1. The molecule has 4 N–H and O–H groups in total. The maximum Gasteiger partial charge on any atom is 0.250 e. The molecular weight excluding hydrogens is 208 g/mol. The van der Waals surface area contributed by atoms with Gasteiger partial charge in [0.1, 0.15) is 12.4 Å². The number of carbonyl (C=O) groups excluding carboxylic acids is 1. The maximum absolute atomic E-state index is 11.4. The highest BCUT2D eigenvalue weighted by molar-refractivity contribution is 5.94. The van der Waals surface area contributed by atoms with Gasteiger partial charge >= 0.3 is 0 Å². The van der Waals surface area contributed by atoms with Gasteiger partial charge in [0.25, 0.3) is 0 Å². The third kappa shape index (κ3) is 3.78. The van der Waals surface area contributed by atoms with E-state index in [2.05, 4.69) is 5.32 Å². The molecule has 5 nitrogen and oxygen atoms in total. The quantitative estimate of drug-likeness (QED) is 0.532. The number of anilines is 2. The van der Waals surface area contributed by atoms with Gasteiger partial charge in [-0.1, -0.05) is 0 Å². The lowest BCUT2D eigenvalue weighted by Gasteiger charge is -2.10. The fourth-order valence-corrected chi connectivity index (χ4v) is 1.09. The number of hydrogen-bond donors (Lipinski definition) is 3. The number of hydrogen-bond acceptors (Lipinski definition) is 4. The van der Waals surface area contributed by atoms with E-state index in [9.17, 15) is 4.79 Å². The molecule has 0 spiro atoms. The highest BCUT2D eigenvalue weighted by Gasteiger charge is 2.06. The molecule has 0 aliphatic carbocycles. The van der Waals surface area contributed by atoms with E-state index in [1.807, 2.05) is 13.8 Å². The average Bonchev–Trinajstić information content (AvgIpc) is 2.19. The minimum Gasteiger partial charge on any atom is -0.508 e. The van der Waals surface area contributed by atoms with Gasteiger partial charge in [-0.25, -0.2) is 0 Å². The number of carbonyl (C=O) groups is 1. The van der Waals surface area contributed by atoms with Crippen molar-refractivity contribution in [2.45, 2.75) is 20.0 Å². The Balaban J connectivity index is 2.56. The molecule has 88 valence electrons. The summed E-state index contributed by atoms with van der Waals surface area (Å²) >= 11 is 0. The van der Waals surface area contributed by atoms with Crippen molar-refractivity contribution in [3.8, 4) is 5.75 Å². The second-order valence-electron chi connectivity index (χ2n) is 3.68. The highest BCUT2D eigenvalue weighted by atomic mass is 16.5. The largest absolute Gasteiger partial charge is 0.508 e. The van der Waals surface area contributed by atoms with Crippen LogP contribution in [-0.4, -0.2) is 23.7 Å². The number of aromatic hydroxyl groups is 1. The van der Waals surface area contributed by atoms with Crippen LogP contribution in [0.2, 0.25) is 0 Å². The summed E-state index contributed by atoms with van der Waals surface area (Å²) in [7, 11) is 0. The summed E-state index contributed by atoms with van der Waals surface area (Å²) in [4.78, 5) is 11.4. The maximum atomic E-state index is 11.4. The number of rotatable bonds is 4. The molecule has 0 atom stereocenters. The first kappa shape index (κ1) is 12.3. The third-order valence-corrected chi connectivity index (χ3v) is 1.86. The molecule has 1 aromatic rings. The van der Waals surface area contributed by atoms with Gasteiger partial charge in [0, 0.05) is 6.07 Å². The monoisotopic (exact) mass is 224 g/mol. The second-order valence-corrected chi connectivity index (χ2v) is 3.68. The van der Waals surface area contributed by atoms with Gasteiger partial charge in [0.2, 0.25) is 5.91 Å². The summed E-state index contributed by atoms with van der Waals surface area (Å²) in [6.07, 6.45) is 0.00270. The smallest absolute Gasteiger partial charge is 0.250 e.